The third-order valence-corrected chi connectivity index (χ3v) is 4.69. The number of carbonyl (C=O) groups is 1. The van der Waals surface area contributed by atoms with Crippen LogP contribution in [-0.4, -0.2) is 22.4 Å². The number of hydrogen-bond donors (Lipinski definition) is 1. The predicted molar refractivity (Wildman–Crippen MR) is 76.0 cm³/mol. The number of rotatable bonds is 4. The number of hydrogen-bond acceptors (Lipinski definition) is 5. The standard InChI is InChI=1S/C14H17N3O2S/c1-9-13(16-8-19-9)14(18)15-7-6-12-17-10-4-2-3-5-11(10)20-12/h8H,2-7H2,1H3,(H,15,18). The van der Waals surface area contributed by atoms with Crippen molar-refractivity contribution in [1.82, 2.24) is 15.3 Å². The van der Waals surface area contributed by atoms with Crippen LogP contribution in [0.15, 0.2) is 10.8 Å². The summed E-state index contributed by atoms with van der Waals surface area (Å²) in [4.78, 5) is 21.9. The molecule has 0 bridgehead atoms. The summed E-state index contributed by atoms with van der Waals surface area (Å²) in [5, 5.41) is 3.98. The van der Waals surface area contributed by atoms with Gasteiger partial charge >= 0.3 is 0 Å². The highest BCUT2D eigenvalue weighted by molar-refractivity contribution is 7.11. The van der Waals surface area contributed by atoms with Crippen molar-refractivity contribution in [3.63, 3.8) is 0 Å². The molecule has 1 aliphatic rings. The van der Waals surface area contributed by atoms with Gasteiger partial charge in [0.15, 0.2) is 12.1 Å². The first-order valence-electron chi connectivity index (χ1n) is 6.90. The highest BCUT2D eigenvalue weighted by atomic mass is 32.1. The summed E-state index contributed by atoms with van der Waals surface area (Å²) in [5.74, 6) is 0.366. The van der Waals surface area contributed by atoms with Crippen LogP contribution < -0.4 is 5.32 Å². The molecule has 0 spiro atoms. The molecule has 0 aromatic carbocycles. The van der Waals surface area contributed by atoms with Crippen molar-refractivity contribution < 1.29 is 9.21 Å². The highest BCUT2D eigenvalue weighted by Gasteiger charge is 2.16. The van der Waals surface area contributed by atoms with Crippen LogP contribution in [0.4, 0.5) is 0 Å². The van der Waals surface area contributed by atoms with Crippen LogP contribution in [0.25, 0.3) is 0 Å². The highest BCUT2D eigenvalue weighted by Crippen LogP contribution is 2.26. The summed E-state index contributed by atoms with van der Waals surface area (Å²) in [7, 11) is 0. The summed E-state index contributed by atoms with van der Waals surface area (Å²) >= 11 is 1.79. The zero-order valence-corrected chi connectivity index (χ0v) is 12.3. The molecule has 0 atom stereocenters. The molecule has 2 aromatic rings. The second-order valence-electron chi connectivity index (χ2n) is 4.95. The van der Waals surface area contributed by atoms with Crippen molar-refractivity contribution in [2.75, 3.05) is 6.54 Å². The van der Waals surface area contributed by atoms with Gasteiger partial charge in [0.25, 0.3) is 5.91 Å². The molecular formula is C14H17N3O2S. The van der Waals surface area contributed by atoms with Gasteiger partial charge in [-0.15, -0.1) is 11.3 Å². The van der Waals surface area contributed by atoms with E-state index in [1.54, 1.807) is 18.3 Å². The molecule has 106 valence electrons. The summed E-state index contributed by atoms with van der Waals surface area (Å²) in [6, 6.07) is 0. The Morgan fingerprint density at radius 3 is 3.05 bits per heavy atom. The van der Waals surface area contributed by atoms with Gasteiger partial charge in [-0.2, -0.15) is 0 Å². The molecule has 20 heavy (non-hydrogen) atoms. The van der Waals surface area contributed by atoms with E-state index in [9.17, 15) is 4.79 Å². The minimum Gasteiger partial charge on any atom is -0.448 e. The lowest BCUT2D eigenvalue weighted by atomic mass is 10.0. The van der Waals surface area contributed by atoms with Crippen LogP contribution in [0, 0.1) is 6.92 Å². The summed E-state index contributed by atoms with van der Waals surface area (Å²) < 4.78 is 5.02. The molecule has 3 rings (SSSR count). The quantitative estimate of drug-likeness (QED) is 0.938. The molecular weight excluding hydrogens is 274 g/mol. The Labute approximate surface area is 121 Å². The molecule has 0 aliphatic heterocycles. The van der Waals surface area contributed by atoms with Crippen LogP contribution in [-0.2, 0) is 19.3 Å². The third kappa shape index (κ3) is 2.75. The van der Waals surface area contributed by atoms with Crippen LogP contribution in [0.3, 0.4) is 0 Å². The molecule has 6 heteroatoms. The fraction of sp³-hybridized carbons (Fsp3) is 0.500. The predicted octanol–water partition coefficient (Wildman–Crippen LogP) is 2.29. The van der Waals surface area contributed by atoms with E-state index in [1.165, 1.54) is 29.8 Å². The zero-order valence-electron chi connectivity index (χ0n) is 11.4. The van der Waals surface area contributed by atoms with E-state index in [2.05, 4.69) is 15.3 Å². The molecule has 5 nitrogen and oxygen atoms in total. The van der Waals surface area contributed by atoms with Crippen molar-refractivity contribution >= 4 is 17.2 Å². The summed E-state index contributed by atoms with van der Waals surface area (Å²) in [5.41, 5.74) is 1.64. The van der Waals surface area contributed by atoms with Crippen molar-refractivity contribution in [2.45, 2.75) is 39.0 Å². The van der Waals surface area contributed by atoms with Gasteiger partial charge in [-0.25, -0.2) is 9.97 Å². The molecule has 1 aliphatic carbocycles. The Bertz CT molecular complexity index is 594. The Hall–Kier alpha value is -1.69. The van der Waals surface area contributed by atoms with Crippen molar-refractivity contribution in [1.29, 1.82) is 0 Å². The smallest absolute Gasteiger partial charge is 0.273 e. The number of nitrogens with zero attached hydrogens (tertiary/aromatic N) is 2. The molecule has 0 saturated carbocycles. The zero-order chi connectivity index (χ0) is 13.9. The van der Waals surface area contributed by atoms with Gasteiger partial charge in [0, 0.05) is 17.8 Å². The average molecular weight is 291 g/mol. The maximum Gasteiger partial charge on any atom is 0.273 e. The van der Waals surface area contributed by atoms with Gasteiger partial charge in [0.05, 0.1) is 10.7 Å². The molecule has 0 radical (unpaired) electrons. The maximum absolute atomic E-state index is 11.9. The first-order valence-corrected chi connectivity index (χ1v) is 7.71. The molecule has 1 amide bonds. The minimum atomic E-state index is -0.183. The number of fused-ring (bicyclic) bond motifs is 1. The Balaban J connectivity index is 1.54. The Morgan fingerprint density at radius 2 is 2.30 bits per heavy atom. The average Bonchev–Trinajstić information content (AvgIpc) is 3.04. The molecule has 1 N–H and O–H groups in total. The fourth-order valence-corrected chi connectivity index (χ4v) is 3.56. The molecule has 2 heterocycles. The molecule has 0 saturated heterocycles. The summed E-state index contributed by atoms with van der Waals surface area (Å²) in [6.07, 6.45) is 6.86. The SMILES string of the molecule is Cc1ocnc1C(=O)NCCc1nc2c(s1)CCCC2. The number of aryl methyl sites for hydroxylation is 3. The van der Waals surface area contributed by atoms with Crippen LogP contribution in [0.5, 0.6) is 0 Å². The van der Waals surface area contributed by atoms with E-state index < -0.39 is 0 Å². The van der Waals surface area contributed by atoms with E-state index in [1.807, 2.05) is 0 Å². The number of aromatic nitrogens is 2. The van der Waals surface area contributed by atoms with Crippen molar-refractivity contribution in [2.24, 2.45) is 0 Å². The first kappa shape index (κ1) is 13.3. The topological polar surface area (TPSA) is 68.0 Å². The van der Waals surface area contributed by atoms with E-state index in [-0.39, 0.29) is 5.91 Å². The number of amides is 1. The normalized spacial score (nSPS) is 14.1. The van der Waals surface area contributed by atoms with Gasteiger partial charge in [-0.1, -0.05) is 0 Å². The Kier molecular flexibility index (Phi) is 3.82. The largest absolute Gasteiger partial charge is 0.448 e. The minimum absolute atomic E-state index is 0.183. The van der Waals surface area contributed by atoms with E-state index in [0.29, 0.717) is 18.0 Å². The lowest BCUT2D eigenvalue weighted by Gasteiger charge is -2.06. The number of oxazole rings is 1. The van der Waals surface area contributed by atoms with Gasteiger partial charge in [0.1, 0.15) is 5.76 Å². The van der Waals surface area contributed by atoms with Crippen LogP contribution in [0.1, 0.15) is 44.7 Å². The van der Waals surface area contributed by atoms with Gasteiger partial charge in [0.2, 0.25) is 0 Å². The first-order chi connectivity index (χ1) is 9.74. The van der Waals surface area contributed by atoms with Crippen molar-refractivity contribution in [3.05, 3.63) is 33.4 Å². The maximum atomic E-state index is 11.9. The van der Waals surface area contributed by atoms with Crippen LogP contribution in [0.2, 0.25) is 0 Å². The third-order valence-electron chi connectivity index (χ3n) is 3.47. The second kappa shape index (κ2) is 5.75. The van der Waals surface area contributed by atoms with Crippen molar-refractivity contribution in [3.8, 4) is 0 Å². The number of carbonyl (C=O) groups excluding carboxylic acids is 1. The monoisotopic (exact) mass is 291 g/mol. The number of nitrogens with one attached hydrogen (secondary N) is 1. The Morgan fingerprint density at radius 1 is 1.45 bits per heavy atom. The van der Waals surface area contributed by atoms with E-state index in [0.717, 1.165) is 24.3 Å². The molecule has 0 fully saturated rings. The second-order valence-corrected chi connectivity index (χ2v) is 6.12. The number of thiazole rings is 1. The molecule has 0 unspecified atom stereocenters. The fourth-order valence-electron chi connectivity index (χ4n) is 2.40. The lowest BCUT2D eigenvalue weighted by molar-refractivity contribution is 0.0948. The van der Waals surface area contributed by atoms with Gasteiger partial charge in [-0.3, -0.25) is 4.79 Å². The van der Waals surface area contributed by atoms with E-state index >= 15 is 0 Å². The summed E-state index contributed by atoms with van der Waals surface area (Å²) in [6.45, 7) is 2.31. The van der Waals surface area contributed by atoms with Gasteiger partial charge < -0.3 is 9.73 Å². The van der Waals surface area contributed by atoms with Crippen LogP contribution >= 0.6 is 11.3 Å². The van der Waals surface area contributed by atoms with E-state index in [4.69, 9.17) is 4.42 Å². The lowest BCUT2D eigenvalue weighted by Crippen LogP contribution is -2.26. The molecule has 2 aromatic heterocycles. The van der Waals surface area contributed by atoms with Gasteiger partial charge in [-0.05, 0) is 32.6 Å².